The molecule has 0 spiro atoms. The molecular weight excluding hydrogens is 258 g/mol. The number of rotatable bonds is 2. The molecule has 1 saturated carbocycles. The summed E-state index contributed by atoms with van der Waals surface area (Å²) in [6.45, 7) is 1.17. The van der Waals surface area contributed by atoms with Crippen LogP contribution in [-0.4, -0.2) is 27.1 Å². The van der Waals surface area contributed by atoms with Crippen LogP contribution in [0.3, 0.4) is 0 Å². The summed E-state index contributed by atoms with van der Waals surface area (Å²) in [6.07, 6.45) is 8.66. The van der Waals surface area contributed by atoms with Gasteiger partial charge in [-0.05, 0) is 31.6 Å². The minimum Gasteiger partial charge on any atom is -0.390 e. The van der Waals surface area contributed by atoms with Gasteiger partial charge >= 0.3 is 0 Å². The van der Waals surface area contributed by atoms with Gasteiger partial charge in [0.15, 0.2) is 10.8 Å². The van der Waals surface area contributed by atoms with E-state index in [0.717, 1.165) is 28.9 Å². The molecule has 0 amide bonds. The molecule has 4 rings (SSSR count). The number of hydrogen-bond acceptors (Lipinski definition) is 4. The number of nitrogens with zero attached hydrogens (tertiary/aromatic N) is 3. The monoisotopic (exact) mass is 277 g/mol. The maximum Gasteiger partial charge on any atom is 0.195 e. The minimum absolute atomic E-state index is 0.0706. The lowest BCUT2D eigenvalue weighted by atomic mass is 9.92. The van der Waals surface area contributed by atoms with Crippen LogP contribution in [0.5, 0.6) is 0 Å². The summed E-state index contributed by atoms with van der Waals surface area (Å²) in [7, 11) is 0. The molecule has 0 bridgehead atoms. The molecule has 2 unspecified atom stereocenters. The third-order valence-electron chi connectivity index (χ3n) is 4.75. The van der Waals surface area contributed by atoms with Crippen molar-refractivity contribution in [1.29, 1.82) is 0 Å². The molecule has 1 N–H and O–H groups in total. The highest BCUT2D eigenvalue weighted by molar-refractivity contribution is 7.15. The summed E-state index contributed by atoms with van der Waals surface area (Å²) < 4.78 is 2.04. The molecule has 1 aliphatic carbocycles. The first-order valence-corrected chi connectivity index (χ1v) is 8.08. The van der Waals surface area contributed by atoms with Crippen LogP contribution in [0.25, 0.3) is 4.96 Å². The van der Waals surface area contributed by atoms with Gasteiger partial charge in [-0.1, -0.05) is 6.42 Å². The Balaban J connectivity index is 1.78. The maximum absolute atomic E-state index is 9.71. The van der Waals surface area contributed by atoms with Crippen molar-refractivity contribution in [1.82, 2.24) is 9.38 Å². The van der Waals surface area contributed by atoms with Crippen LogP contribution in [0.2, 0.25) is 0 Å². The van der Waals surface area contributed by atoms with E-state index in [9.17, 15) is 5.11 Å². The first-order chi connectivity index (χ1) is 9.38. The number of aromatic nitrogens is 2. The standard InChI is InChI=1S/C14H19N3OS/c18-9-12-13(15-14-17(12)7-8-19-14)16-6-2-4-10-3-1-5-11(10)16/h7-8,10-11,18H,1-6,9H2. The van der Waals surface area contributed by atoms with E-state index in [1.54, 1.807) is 11.3 Å². The molecule has 0 aromatic carbocycles. The van der Waals surface area contributed by atoms with Crippen molar-refractivity contribution in [2.45, 2.75) is 44.8 Å². The van der Waals surface area contributed by atoms with Gasteiger partial charge in [-0.25, -0.2) is 4.98 Å². The fourth-order valence-electron chi connectivity index (χ4n) is 3.91. The summed E-state index contributed by atoms with van der Waals surface area (Å²) >= 11 is 1.64. The molecule has 5 heteroatoms. The Bertz CT molecular complexity index is 591. The molecular formula is C14H19N3OS. The van der Waals surface area contributed by atoms with E-state index in [4.69, 9.17) is 4.98 Å². The van der Waals surface area contributed by atoms with Crippen molar-refractivity contribution >= 4 is 22.1 Å². The minimum atomic E-state index is 0.0706. The van der Waals surface area contributed by atoms with Gasteiger partial charge in [0.1, 0.15) is 0 Å². The third kappa shape index (κ3) is 1.71. The van der Waals surface area contributed by atoms with Crippen LogP contribution >= 0.6 is 11.3 Å². The van der Waals surface area contributed by atoms with Gasteiger partial charge in [-0.2, -0.15) is 0 Å². The molecule has 0 radical (unpaired) electrons. The molecule has 2 atom stereocenters. The molecule has 1 aliphatic heterocycles. The topological polar surface area (TPSA) is 40.8 Å². The average Bonchev–Trinajstić information content (AvgIpc) is 3.12. The van der Waals surface area contributed by atoms with Crippen LogP contribution in [0.15, 0.2) is 11.6 Å². The fraction of sp³-hybridized carbons (Fsp3) is 0.643. The molecule has 1 saturated heterocycles. The van der Waals surface area contributed by atoms with Crippen molar-refractivity contribution in [3.63, 3.8) is 0 Å². The molecule has 3 heterocycles. The van der Waals surface area contributed by atoms with Crippen LogP contribution < -0.4 is 4.90 Å². The largest absolute Gasteiger partial charge is 0.390 e. The predicted molar refractivity (Wildman–Crippen MR) is 76.7 cm³/mol. The van der Waals surface area contributed by atoms with Gasteiger partial charge in [0, 0.05) is 24.2 Å². The van der Waals surface area contributed by atoms with E-state index in [-0.39, 0.29) is 6.61 Å². The number of anilines is 1. The smallest absolute Gasteiger partial charge is 0.195 e. The highest BCUT2D eigenvalue weighted by atomic mass is 32.1. The molecule has 2 fully saturated rings. The zero-order chi connectivity index (χ0) is 12.8. The van der Waals surface area contributed by atoms with Crippen molar-refractivity contribution in [2.24, 2.45) is 5.92 Å². The number of piperidine rings is 1. The molecule has 102 valence electrons. The zero-order valence-electron chi connectivity index (χ0n) is 11.0. The lowest BCUT2D eigenvalue weighted by molar-refractivity contribution is 0.274. The Kier molecular flexibility index (Phi) is 2.77. The number of aliphatic hydroxyl groups is 1. The van der Waals surface area contributed by atoms with Crippen molar-refractivity contribution in [3.05, 3.63) is 17.3 Å². The lowest BCUT2D eigenvalue weighted by Gasteiger charge is -2.38. The highest BCUT2D eigenvalue weighted by Gasteiger charge is 2.37. The second-order valence-corrected chi connectivity index (χ2v) is 6.56. The van der Waals surface area contributed by atoms with E-state index in [0.29, 0.717) is 6.04 Å². The molecule has 2 aromatic rings. The normalized spacial score (nSPS) is 27.1. The van der Waals surface area contributed by atoms with Gasteiger partial charge in [0.2, 0.25) is 0 Å². The summed E-state index contributed by atoms with van der Waals surface area (Å²) in [6, 6.07) is 0.656. The highest BCUT2D eigenvalue weighted by Crippen LogP contribution is 2.40. The number of hydrogen-bond donors (Lipinski definition) is 1. The maximum atomic E-state index is 9.71. The number of thiazole rings is 1. The van der Waals surface area contributed by atoms with E-state index in [1.165, 1.54) is 32.1 Å². The SMILES string of the molecule is OCc1c(N2CCCC3CCCC32)nc2sccn12. The second-order valence-electron chi connectivity index (χ2n) is 5.69. The number of aliphatic hydroxyl groups excluding tert-OH is 1. The van der Waals surface area contributed by atoms with Crippen LogP contribution in [0.1, 0.15) is 37.8 Å². The van der Waals surface area contributed by atoms with E-state index < -0.39 is 0 Å². The van der Waals surface area contributed by atoms with Crippen molar-refractivity contribution in [2.75, 3.05) is 11.4 Å². The Morgan fingerprint density at radius 2 is 2.21 bits per heavy atom. The van der Waals surface area contributed by atoms with Crippen LogP contribution in [-0.2, 0) is 6.61 Å². The lowest BCUT2D eigenvalue weighted by Crippen LogP contribution is -2.43. The van der Waals surface area contributed by atoms with Crippen LogP contribution in [0, 0.1) is 5.92 Å². The van der Waals surface area contributed by atoms with E-state index in [1.807, 2.05) is 16.0 Å². The first kappa shape index (κ1) is 11.7. The quantitative estimate of drug-likeness (QED) is 0.917. The summed E-state index contributed by atoms with van der Waals surface area (Å²) in [5, 5.41) is 11.7. The van der Waals surface area contributed by atoms with Crippen molar-refractivity contribution in [3.8, 4) is 0 Å². The van der Waals surface area contributed by atoms with Gasteiger partial charge in [0.05, 0.1) is 12.3 Å². The summed E-state index contributed by atoms with van der Waals surface area (Å²) in [5.41, 5.74) is 0.962. The van der Waals surface area contributed by atoms with Gasteiger partial charge < -0.3 is 10.0 Å². The van der Waals surface area contributed by atoms with Crippen LogP contribution in [0.4, 0.5) is 5.82 Å². The molecule has 2 aliphatic rings. The first-order valence-electron chi connectivity index (χ1n) is 7.20. The second kappa shape index (κ2) is 4.49. The number of fused-ring (bicyclic) bond motifs is 2. The zero-order valence-corrected chi connectivity index (χ0v) is 11.8. The fourth-order valence-corrected chi connectivity index (χ4v) is 4.64. The van der Waals surface area contributed by atoms with Gasteiger partial charge in [-0.15, -0.1) is 11.3 Å². The third-order valence-corrected chi connectivity index (χ3v) is 5.51. The van der Waals surface area contributed by atoms with E-state index in [2.05, 4.69) is 4.90 Å². The van der Waals surface area contributed by atoms with Gasteiger partial charge in [-0.3, -0.25) is 4.40 Å². The Morgan fingerprint density at radius 3 is 3.11 bits per heavy atom. The molecule has 4 nitrogen and oxygen atoms in total. The average molecular weight is 277 g/mol. The summed E-state index contributed by atoms with van der Waals surface area (Å²) in [5.74, 6) is 1.88. The molecule has 19 heavy (non-hydrogen) atoms. The number of imidazole rings is 1. The van der Waals surface area contributed by atoms with Gasteiger partial charge in [0.25, 0.3) is 0 Å². The Hall–Kier alpha value is -1.07. The Morgan fingerprint density at radius 1 is 1.32 bits per heavy atom. The Labute approximate surface area is 116 Å². The summed E-state index contributed by atoms with van der Waals surface area (Å²) in [4.78, 5) is 8.25. The van der Waals surface area contributed by atoms with E-state index >= 15 is 0 Å². The molecule has 2 aromatic heterocycles. The van der Waals surface area contributed by atoms with Crippen molar-refractivity contribution < 1.29 is 5.11 Å². The predicted octanol–water partition coefficient (Wildman–Crippen LogP) is 2.66.